The summed E-state index contributed by atoms with van der Waals surface area (Å²) < 4.78 is 1.09. The van der Waals surface area contributed by atoms with Gasteiger partial charge in [-0.05, 0) is 58.1 Å². The lowest BCUT2D eigenvalue weighted by Gasteiger charge is -2.27. The molecular formula is C28H24BrN. The summed E-state index contributed by atoms with van der Waals surface area (Å²) in [5.41, 5.74) is 10.3. The Morgan fingerprint density at radius 2 is 1.40 bits per heavy atom. The molecule has 4 aromatic carbocycles. The molecule has 0 saturated heterocycles. The molecule has 0 bridgehead atoms. The zero-order valence-electron chi connectivity index (χ0n) is 17.5. The molecule has 0 fully saturated rings. The molecule has 0 saturated carbocycles. The first-order valence-electron chi connectivity index (χ1n) is 10.3. The summed E-state index contributed by atoms with van der Waals surface area (Å²) in [5, 5.41) is 0. The minimum absolute atomic E-state index is 0.0198. The van der Waals surface area contributed by atoms with Crippen LogP contribution in [-0.4, -0.2) is 7.05 Å². The van der Waals surface area contributed by atoms with Crippen LogP contribution in [0.4, 0.5) is 11.4 Å². The Bertz CT molecular complexity index is 1240. The SMILES string of the molecule is CN(c1cccc(Br)c1)c1cc2c(cc1-c1ccccc1)-c1ccccc1C2(C)C. The lowest BCUT2D eigenvalue weighted by Crippen LogP contribution is -2.17. The second-order valence-corrected chi connectivity index (χ2v) is 9.41. The number of fused-ring (bicyclic) bond motifs is 3. The average Bonchev–Trinajstić information content (AvgIpc) is 3.00. The van der Waals surface area contributed by atoms with Gasteiger partial charge in [0.15, 0.2) is 0 Å². The Hall–Kier alpha value is -2.84. The van der Waals surface area contributed by atoms with E-state index in [-0.39, 0.29) is 5.41 Å². The van der Waals surface area contributed by atoms with Crippen LogP contribution in [0.2, 0.25) is 0 Å². The summed E-state index contributed by atoms with van der Waals surface area (Å²) in [7, 11) is 2.16. The van der Waals surface area contributed by atoms with Crippen LogP contribution in [0.5, 0.6) is 0 Å². The lowest BCUT2D eigenvalue weighted by atomic mass is 9.81. The maximum Gasteiger partial charge on any atom is 0.0491 e. The lowest BCUT2D eigenvalue weighted by molar-refractivity contribution is 0.660. The molecule has 1 aliphatic carbocycles. The number of anilines is 2. The summed E-state index contributed by atoms with van der Waals surface area (Å²) in [6.07, 6.45) is 0. The average molecular weight is 454 g/mol. The monoisotopic (exact) mass is 453 g/mol. The quantitative estimate of drug-likeness (QED) is 0.302. The minimum Gasteiger partial charge on any atom is -0.344 e. The number of halogens is 1. The van der Waals surface area contributed by atoms with E-state index in [9.17, 15) is 0 Å². The molecule has 0 unspecified atom stereocenters. The molecule has 0 N–H and O–H groups in total. The first-order valence-corrected chi connectivity index (χ1v) is 11.1. The van der Waals surface area contributed by atoms with Crippen molar-refractivity contribution >= 4 is 27.3 Å². The predicted molar refractivity (Wildman–Crippen MR) is 132 cm³/mol. The van der Waals surface area contributed by atoms with E-state index in [0.717, 1.165) is 10.2 Å². The van der Waals surface area contributed by atoms with Gasteiger partial charge in [0.2, 0.25) is 0 Å². The van der Waals surface area contributed by atoms with Crippen molar-refractivity contribution in [3.8, 4) is 22.3 Å². The summed E-state index contributed by atoms with van der Waals surface area (Å²) >= 11 is 3.63. The highest BCUT2D eigenvalue weighted by molar-refractivity contribution is 9.10. The molecule has 2 heteroatoms. The van der Waals surface area contributed by atoms with Gasteiger partial charge in [-0.2, -0.15) is 0 Å². The molecule has 1 aliphatic rings. The largest absolute Gasteiger partial charge is 0.344 e. The smallest absolute Gasteiger partial charge is 0.0491 e. The molecule has 4 aromatic rings. The van der Waals surface area contributed by atoms with Crippen LogP contribution in [-0.2, 0) is 5.41 Å². The fourth-order valence-electron chi connectivity index (χ4n) is 4.69. The third kappa shape index (κ3) is 2.98. The van der Waals surface area contributed by atoms with Gasteiger partial charge in [-0.15, -0.1) is 0 Å². The van der Waals surface area contributed by atoms with Crippen LogP contribution in [0.25, 0.3) is 22.3 Å². The van der Waals surface area contributed by atoms with Gasteiger partial charge in [0.1, 0.15) is 0 Å². The van der Waals surface area contributed by atoms with Crippen molar-refractivity contribution in [3.05, 3.63) is 107 Å². The highest BCUT2D eigenvalue weighted by Gasteiger charge is 2.36. The molecule has 1 nitrogen and oxygen atoms in total. The van der Waals surface area contributed by atoms with Gasteiger partial charge >= 0.3 is 0 Å². The third-order valence-corrected chi connectivity index (χ3v) is 6.83. The van der Waals surface area contributed by atoms with E-state index >= 15 is 0 Å². The standard InChI is InChI=1S/C28H24BrN/c1-28(2)25-15-8-7-14-22(25)24-17-23(19-10-5-4-6-11-19)27(18-26(24)28)30(3)21-13-9-12-20(29)16-21/h4-18H,1-3H3. The molecule has 0 aliphatic heterocycles. The van der Waals surface area contributed by atoms with Gasteiger partial charge < -0.3 is 4.90 Å². The third-order valence-electron chi connectivity index (χ3n) is 6.34. The van der Waals surface area contributed by atoms with Crippen LogP contribution in [0, 0.1) is 0 Å². The van der Waals surface area contributed by atoms with Crippen molar-refractivity contribution in [1.82, 2.24) is 0 Å². The van der Waals surface area contributed by atoms with Crippen molar-refractivity contribution in [1.29, 1.82) is 0 Å². The van der Waals surface area contributed by atoms with E-state index in [1.807, 2.05) is 0 Å². The van der Waals surface area contributed by atoms with Gasteiger partial charge in [-0.25, -0.2) is 0 Å². The molecule has 5 rings (SSSR count). The van der Waals surface area contributed by atoms with Crippen LogP contribution in [0.3, 0.4) is 0 Å². The van der Waals surface area contributed by atoms with E-state index in [1.165, 1.54) is 39.1 Å². The molecule has 0 aromatic heterocycles. The maximum absolute atomic E-state index is 3.63. The summed E-state index contributed by atoms with van der Waals surface area (Å²) in [6.45, 7) is 4.67. The number of hydrogen-bond acceptors (Lipinski definition) is 1. The van der Waals surface area contributed by atoms with Crippen molar-refractivity contribution in [2.45, 2.75) is 19.3 Å². The molecule has 0 radical (unpaired) electrons. The van der Waals surface area contributed by atoms with Crippen LogP contribution in [0.15, 0.2) is 95.5 Å². The van der Waals surface area contributed by atoms with E-state index in [0.29, 0.717) is 0 Å². The number of nitrogens with zero attached hydrogens (tertiary/aromatic N) is 1. The highest BCUT2D eigenvalue weighted by Crippen LogP contribution is 2.52. The van der Waals surface area contributed by atoms with E-state index in [2.05, 4.69) is 133 Å². The van der Waals surface area contributed by atoms with Gasteiger partial charge in [0.05, 0.1) is 0 Å². The molecule has 0 heterocycles. The summed E-state index contributed by atoms with van der Waals surface area (Å²) in [5.74, 6) is 0. The molecule has 148 valence electrons. The first kappa shape index (κ1) is 19.1. The van der Waals surface area contributed by atoms with Crippen LogP contribution >= 0.6 is 15.9 Å². The Labute approximate surface area is 187 Å². The fraction of sp³-hybridized carbons (Fsp3) is 0.143. The zero-order valence-corrected chi connectivity index (χ0v) is 19.1. The van der Waals surface area contributed by atoms with Gasteiger partial charge in [-0.1, -0.05) is 90.4 Å². The Kier molecular flexibility index (Phi) is 4.56. The highest BCUT2D eigenvalue weighted by atomic mass is 79.9. The van der Waals surface area contributed by atoms with Gasteiger partial charge in [-0.3, -0.25) is 0 Å². The van der Waals surface area contributed by atoms with Crippen LogP contribution < -0.4 is 4.90 Å². The number of rotatable bonds is 3. The maximum atomic E-state index is 3.63. The van der Waals surface area contributed by atoms with Crippen LogP contribution in [0.1, 0.15) is 25.0 Å². The normalized spacial score (nSPS) is 13.6. The van der Waals surface area contributed by atoms with Gasteiger partial charge in [0.25, 0.3) is 0 Å². The number of hydrogen-bond donors (Lipinski definition) is 0. The van der Waals surface area contributed by atoms with E-state index in [1.54, 1.807) is 0 Å². The summed E-state index contributed by atoms with van der Waals surface area (Å²) in [4.78, 5) is 2.30. The van der Waals surface area contributed by atoms with Crippen molar-refractivity contribution in [2.75, 3.05) is 11.9 Å². The Morgan fingerprint density at radius 3 is 2.17 bits per heavy atom. The molecule has 0 amide bonds. The topological polar surface area (TPSA) is 3.24 Å². The predicted octanol–water partition coefficient (Wildman–Crippen LogP) is 8.19. The second-order valence-electron chi connectivity index (χ2n) is 8.49. The molecule has 0 atom stereocenters. The Morgan fingerprint density at radius 1 is 0.667 bits per heavy atom. The molecule has 30 heavy (non-hydrogen) atoms. The Balaban J connectivity index is 1.78. The van der Waals surface area contributed by atoms with E-state index in [4.69, 9.17) is 0 Å². The molecular weight excluding hydrogens is 430 g/mol. The summed E-state index contributed by atoms with van der Waals surface area (Å²) in [6, 6.07) is 32.8. The second kappa shape index (κ2) is 7.14. The first-order chi connectivity index (χ1) is 14.5. The van der Waals surface area contributed by atoms with Crippen molar-refractivity contribution in [3.63, 3.8) is 0 Å². The van der Waals surface area contributed by atoms with E-state index < -0.39 is 0 Å². The van der Waals surface area contributed by atoms with Crippen molar-refractivity contribution in [2.24, 2.45) is 0 Å². The molecule has 0 spiro atoms. The number of benzene rings is 4. The minimum atomic E-state index is -0.0198. The zero-order chi connectivity index (χ0) is 20.9. The van der Waals surface area contributed by atoms with Gasteiger partial charge in [0, 0.05) is 33.9 Å². The fourth-order valence-corrected chi connectivity index (χ4v) is 5.07. The van der Waals surface area contributed by atoms with Crippen molar-refractivity contribution < 1.29 is 0 Å².